The Labute approximate surface area is 186 Å². The monoisotopic (exact) mass is 414 g/mol. The molecule has 0 aliphatic heterocycles. The topological polar surface area (TPSA) is 25.2 Å². The number of amides is 1. The highest BCUT2D eigenvalue weighted by Gasteiger charge is 2.27. The minimum atomic E-state index is 0.165. The molecule has 1 aliphatic rings. The van der Waals surface area contributed by atoms with Crippen LogP contribution in [-0.2, 0) is 19.5 Å². The molecule has 1 saturated carbocycles. The number of hydrogen-bond acceptors (Lipinski definition) is 1. The standard InChI is InChI=1S/C28H34N2O/c1-3-23-14-16-25(17-15-23)28(31)30(26-11-5-4-6-12-26)21-27-13-8-18-29(27)20-24-10-7-9-22(2)19-24/h7-10,13-19,26H,3-6,11-12,20-21H2,1-2H3. The van der Waals surface area contributed by atoms with Crippen LogP contribution in [0, 0.1) is 6.92 Å². The maximum atomic E-state index is 13.6. The normalized spacial score (nSPS) is 14.5. The summed E-state index contributed by atoms with van der Waals surface area (Å²) in [5.41, 5.74) is 5.85. The molecule has 162 valence electrons. The highest BCUT2D eigenvalue weighted by molar-refractivity contribution is 5.94. The molecule has 0 spiro atoms. The summed E-state index contributed by atoms with van der Waals surface area (Å²) in [4.78, 5) is 15.7. The van der Waals surface area contributed by atoms with Gasteiger partial charge in [0.15, 0.2) is 0 Å². The summed E-state index contributed by atoms with van der Waals surface area (Å²) < 4.78 is 2.29. The molecule has 1 aliphatic carbocycles. The number of rotatable bonds is 7. The van der Waals surface area contributed by atoms with Gasteiger partial charge in [0.25, 0.3) is 5.91 Å². The van der Waals surface area contributed by atoms with E-state index >= 15 is 0 Å². The largest absolute Gasteiger partial charge is 0.345 e. The molecule has 31 heavy (non-hydrogen) atoms. The summed E-state index contributed by atoms with van der Waals surface area (Å²) in [6.07, 6.45) is 9.06. The third-order valence-electron chi connectivity index (χ3n) is 6.58. The van der Waals surface area contributed by atoms with Gasteiger partial charge in [0.1, 0.15) is 0 Å². The molecule has 3 heteroatoms. The third kappa shape index (κ3) is 5.28. The van der Waals surface area contributed by atoms with E-state index in [4.69, 9.17) is 0 Å². The van der Waals surface area contributed by atoms with Crippen molar-refractivity contribution in [1.82, 2.24) is 9.47 Å². The zero-order valence-corrected chi connectivity index (χ0v) is 18.9. The first-order valence-corrected chi connectivity index (χ1v) is 11.7. The van der Waals surface area contributed by atoms with E-state index in [0.717, 1.165) is 31.4 Å². The molecule has 1 fully saturated rings. The van der Waals surface area contributed by atoms with E-state index < -0.39 is 0 Å². The lowest BCUT2D eigenvalue weighted by Gasteiger charge is -2.35. The Morgan fingerprint density at radius 2 is 1.74 bits per heavy atom. The molecular formula is C28H34N2O. The van der Waals surface area contributed by atoms with Crippen LogP contribution >= 0.6 is 0 Å². The Morgan fingerprint density at radius 3 is 2.45 bits per heavy atom. The maximum absolute atomic E-state index is 13.6. The van der Waals surface area contributed by atoms with Gasteiger partial charge in [0, 0.05) is 30.0 Å². The Balaban J connectivity index is 1.58. The summed E-state index contributed by atoms with van der Waals surface area (Å²) in [7, 11) is 0. The fourth-order valence-electron chi connectivity index (χ4n) is 4.74. The molecule has 1 heterocycles. The van der Waals surface area contributed by atoms with Gasteiger partial charge in [-0.25, -0.2) is 0 Å². The number of carbonyl (C=O) groups excluding carboxylic acids is 1. The van der Waals surface area contributed by atoms with Crippen LogP contribution in [0.15, 0.2) is 66.9 Å². The van der Waals surface area contributed by atoms with E-state index in [0.29, 0.717) is 12.6 Å². The first-order chi connectivity index (χ1) is 15.1. The fourth-order valence-corrected chi connectivity index (χ4v) is 4.74. The maximum Gasteiger partial charge on any atom is 0.254 e. The van der Waals surface area contributed by atoms with E-state index in [1.165, 1.54) is 41.6 Å². The average Bonchev–Trinajstić information content (AvgIpc) is 3.24. The zero-order chi connectivity index (χ0) is 21.6. The summed E-state index contributed by atoms with van der Waals surface area (Å²) >= 11 is 0. The van der Waals surface area contributed by atoms with Gasteiger partial charge in [0.05, 0.1) is 6.54 Å². The van der Waals surface area contributed by atoms with Gasteiger partial charge in [0.2, 0.25) is 0 Å². The molecule has 0 unspecified atom stereocenters. The van der Waals surface area contributed by atoms with E-state index in [1.54, 1.807) is 0 Å². The molecule has 3 aromatic rings. The van der Waals surface area contributed by atoms with Crippen molar-refractivity contribution >= 4 is 5.91 Å². The van der Waals surface area contributed by atoms with Crippen molar-refractivity contribution < 1.29 is 4.79 Å². The molecule has 3 nitrogen and oxygen atoms in total. The van der Waals surface area contributed by atoms with Crippen molar-refractivity contribution in [3.8, 4) is 0 Å². The minimum absolute atomic E-state index is 0.165. The van der Waals surface area contributed by atoms with Crippen LogP contribution in [0.5, 0.6) is 0 Å². The van der Waals surface area contributed by atoms with Gasteiger partial charge in [-0.3, -0.25) is 4.79 Å². The first-order valence-electron chi connectivity index (χ1n) is 11.7. The van der Waals surface area contributed by atoms with Crippen molar-refractivity contribution in [3.63, 3.8) is 0 Å². The van der Waals surface area contributed by atoms with Gasteiger partial charge in [-0.15, -0.1) is 0 Å². The van der Waals surface area contributed by atoms with E-state index in [-0.39, 0.29) is 5.91 Å². The van der Waals surface area contributed by atoms with Gasteiger partial charge in [-0.05, 0) is 61.6 Å². The Hall–Kier alpha value is -2.81. The summed E-state index contributed by atoms with van der Waals surface area (Å²) in [6, 6.07) is 21.4. The number of hydrogen-bond donors (Lipinski definition) is 0. The van der Waals surface area contributed by atoms with E-state index in [2.05, 4.69) is 78.0 Å². The molecule has 0 N–H and O–H groups in total. The molecule has 0 radical (unpaired) electrons. The zero-order valence-electron chi connectivity index (χ0n) is 18.9. The van der Waals surface area contributed by atoms with Crippen molar-refractivity contribution in [1.29, 1.82) is 0 Å². The number of nitrogens with zero attached hydrogens (tertiary/aromatic N) is 2. The predicted molar refractivity (Wildman–Crippen MR) is 127 cm³/mol. The smallest absolute Gasteiger partial charge is 0.254 e. The Bertz CT molecular complexity index is 996. The van der Waals surface area contributed by atoms with Gasteiger partial charge in [-0.2, -0.15) is 0 Å². The van der Waals surface area contributed by atoms with E-state index in [9.17, 15) is 4.79 Å². The molecule has 2 aromatic carbocycles. The highest BCUT2D eigenvalue weighted by Crippen LogP contribution is 2.26. The van der Waals surface area contributed by atoms with Crippen LogP contribution in [-0.4, -0.2) is 21.4 Å². The fraction of sp³-hybridized carbons (Fsp3) is 0.393. The van der Waals surface area contributed by atoms with Crippen LogP contribution in [0.4, 0.5) is 0 Å². The second-order valence-corrected chi connectivity index (χ2v) is 8.89. The number of benzene rings is 2. The van der Waals surface area contributed by atoms with Crippen molar-refractivity contribution in [2.24, 2.45) is 0 Å². The minimum Gasteiger partial charge on any atom is -0.345 e. The van der Waals surface area contributed by atoms with Crippen molar-refractivity contribution in [2.75, 3.05) is 0 Å². The molecule has 1 aromatic heterocycles. The Kier molecular flexibility index (Phi) is 6.91. The molecule has 0 atom stereocenters. The third-order valence-corrected chi connectivity index (χ3v) is 6.58. The molecule has 0 saturated heterocycles. The second kappa shape index (κ2) is 10.00. The van der Waals surface area contributed by atoms with Crippen LogP contribution in [0.3, 0.4) is 0 Å². The van der Waals surface area contributed by atoms with Crippen LogP contribution in [0.2, 0.25) is 0 Å². The summed E-state index contributed by atoms with van der Waals surface area (Å²) in [5, 5.41) is 0. The average molecular weight is 415 g/mol. The first kappa shape index (κ1) is 21.4. The molecular weight excluding hydrogens is 380 g/mol. The van der Waals surface area contributed by atoms with Gasteiger partial charge in [-0.1, -0.05) is 68.1 Å². The SMILES string of the molecule is CCc1ccc(C(=O)N(Cc2cccn2Cc2cccc(C)c2)C2CCCCC2)cc1. The number of aromatic nitrogens is 1. The predicted octanol–water partition coefficient (Wildman–Crippen LogP) is 6.38. The second-order valence-electron chi connectivity index (χ2n) is 8.89. The van der Waals surface area contributed by atoms with Crippen molar-refractivity contribution in [2.45, 2.75) is 71.5 Å². The number of aryl methyl sites for hydroxylation is 2. The quantitative estimate of drug-likeness (QED) is 0.440. The summed E-state index contributed by atoms with van der Waals surface area (Å²) in [6.45, 7) is 5.78. The number of carbonyl (C=O) groups is 1. The summed E-state index contributed by atoms with van der Waals surface area (Å²) in [5.74, 6) is 0.165. The highest BCUT2D eigenvalue weighted by atomic mass is 16.2. The van der Waals surface area contributed by atoms with Crippen LogP contribution in [0.1, 0.15) is 71.8 Å². The lowest BCUT2D eigenvalue weighted by molar-refractivity contribution is 0.0608. The van der Waals surface area contributed by atoms with Gasteiger partial charge < -0.3 is 9.47 Å². The van der Waals surface area contributed by atoms with Crippen LogP contribution in [0.25, 0.3) is 0 Å². The lowest BCUT2D eigenvalue weighted by Crippen LogP contribution is -2.41. The Morgan fingerprint density at radius 1 is 0.968 bits per heavy atom. The molecule has 4 rings (SSSR count). The molecule has 1 amide bonds. The van der Waals surface area contributed by atoms with E-state index in [1.807, 2.05) is 12.1 Å². The van der Waals surface area contributed by atoms with Crippen LogP contribution < -0.4 is 0 Å². The lowest BCUT2D eigenvalue weighted by atomic mass is 9.93. The van der Waals surface area contributed by atoms with Gasteiger partial charge >= 0.3 is 0 Å². The van der Waals surface area contributed by atoms with Crippen molar-refractivity contribution in [3.05, 3.63) is 94.8 Å². The molecule has 0 bridgehead atoms.